The maximum Gasteiger partial charge on any atom is 0.296 e. The van der Waals surface area contributed by atoms with Crippen LogP contribution in [0.15, 0.2) is 58.1 Å². The molecule has 4 rings (SSSR count). The van der Waals surface area contributed by atoms with Crippen LogP contribution in [0.4, 0.5) is 0 Å². The highest BCUT2D eigenvalue weighted by Gasteiger charge is 2.12. The van der Waals surface area contributed by atoms with Gasteiger partial charge in [-0.05, 0) is 23.8 Å². The van der Waals surface area contributed by atoms with E-state index in [2.05, 4.69) is 10.1 Å². The zero-order chi connectivity index (χ0) is 19.0. The van der Waals surface area contributed by atoms with E-state index in [0.717, 1.165) is 21.4 Å². The number of hydrogen-bond acceptors (Lipinski definition) is 5. The lowest BCUT2D eigenvalue weighted by Crippen LogP contribution is -2.28. The maximum atomic E-state index is 12.7. The molecule has 8 heteroatoms. The molecule has 0 radical (unpaired) electrons. The Bertz CT molecular complexity index is 1300. The van der Waals surface area contributed by atoms with Crippen LogP contribution in [0.2, 0.25) is 10.0 Å². The van der Waals surface area contributed by atoms with Crippen LogP contribution in [0.3, 0.4) is 0 Å². The summed E-state index contributed by atoms with van der Waals surface area (Å²) in [5.41, 5.74) is 0.865. The molecule has 0 saturated carbocycles. The molecule has 0 fully saturated rings. The van der Waals surface area contributed by atoms with E-state index in [4.69, 9.17) is 23.2 Å². The molecule has 0 aliphatic carbocycles. The monoisotopic (exact) mass is 415 g/mol. The van der Waals surface area contributed by atoms with Gasteiger partial charge in [-0.3, -0.25) is 9.59 Å². The predicted molar refractivity (Wildman–Crippen MR) is 108 cm³/mol. The molecule has 2 heterocycles. The van der Waals surface area contributed by atoms with E-state index in [0.29, 0.717) is 26.6 Å². The van der Waals surface area contributed by atoms with Gasteiger partial charge in [0.05, 0.1) is 4.53 Å². The summed E-state index contributed by atoms with van der Waals surface area (Å²) in [5, 5.41) is 5.09. The van der Waals surface area contributed by atoms with E-state index in [9.17, 15) is 9.59 Å². The van der Waals surface area contributed by atoms with Crippen molar-refractivity contribution >= 4 is 45.6 Å². The van der Waals surface area contributed by atoms with Gasteiger partial charge in [0.25, 0.3) is 11.1 Å². The first-order valence-electron chi connectivity index (χ1n) is 7.95. The second-order valence-electron chi connectivity index (χ2n) is 5.77. The van der Waals surface area contributed by atoms with Crippen LogP contribution >= 0.6 is 34.5 Å². The SMILES string of the molecule is O=c1nc2s/c(=C\c3c(Cl)cccc3Cl)c(=O)n2nc1Cc1ccccc1. The Labute approximate surface area is 167 Å². The van der Waals surface area contributed by atoms with Crippen molar-refractivity contribution in [1.82, 2.24) is 14.6 Å². The first kappa shape index (κ1) is 17.9. The molecule has 0 aliphatic rings. The second kappa shape index (κ2) is 7.23. The van der Waals surface area contributed by atoms with E-state index in [1.54, 1.807) is 24.3 Å². The first-order valence-corrected chi connectivity index (χ1v) is 9.52. The predicted octanol–water partition coefficient (Wildman–Crippen LogP) is 2.96. The Morgan fingerprint density at radius 3 is 2.41 bits per heavy atom. The molecule has 27 heavy (non-hydrogen) atoms. The van der Waals surface area contributed by atoms with Crippen LogP contribution < -0.4 is 15.7 Å². The van der Waals surface area contributed by atoms with Gasteiger partial charge in [-0.1, -0.05) is 70.9 Å². The van der Waals surface area contributed by atoms with Crippen LogP contribution in [0, 0.1) is 0 Å². The van der Waals surface area contributed by atoms with Crippen molar-refractivity contribution in [3.05, 3.63) is 101 Å². The molecule has 0 saturated heterocycles. The molecule has 5 nitrogen and oxygen atoms in total. The molecule has 4 aromatic rings. The Morgan fingerprint density at radius 2 is 1.70 bits per heavy atom. The standard InChI is InChI=1S/C19H11Cl2N3O2S/c20-13-7-4-8-14(21)12(13)10-16-18(26)24-19(27-16)22-17(25)15(23-24)9-11-5-2-1-3-6-11/h1-8,10H,9H2/b16-10-. The van der Waals surface area contributed by atoms with Gasteiger partial charge in [-0.25, -0.2) is 0 Å². The zero-order valence-corrected chi connectivity index (χ0v) is 16.1. The lowest BCUT2D eigenvalue weighted by atomic mass is 10.1. The van der Waals surface area contributed by atoms with Crippen LogP contribution in [-0.4, -0.2) is 14.6 Å². The highest BCUT2D eigenvalue weighted by Crippen LogP contribution is 2.24. The largest absolute Gasteiger partial charge is 0.296 e. The van der Waals surface area contributed by atoms with Crippen molar-refractivity contribution in [2.45, 2.75) is 6.42 Å². The van der Waals surface area contributed by atoms with E-state index < -0.39 is 5.56 Å². The molecular weight excluding hydrogens is 405 g/mol. The van der Waals surface area contributed by atoms with Gasteiger partial charge in [-0.2, -0.15) is 14.6 Å². The summed E-state index contributed by atoms with van der Waals surface area (Å²) in [6.45, 7) is 0. The number of hydrogen-bond donors (Lipinski definition) is 0. The summed E-state index contributed by atoms with van der Waals surface area (Å²) in [6, 6.07) is 14.5. The van der Waals surface area contributed by atoms with Crippen molar-refractivity contribution in [3.63, 3.8) is 0 Å². The number of thiazole rings is 1. The molecular formula is C19H11Cl2N3O2S. The number of aromatic nitrogens is 3. The fraction of sp³-hybridized carbons (Fsp3) is 0.0526. The van der Waals surface area contributed by atoms with Crippen molar-refractivity contribution in [1.29, 1.82) is 0 Å². The van der Waals surface area contributed by atoms with Crippen molar-refractivity contribution in [2.24, 2.45) is 0 Å². The minimum absolute atomic E-state index is 0.218. The van der Waals surface area contributed by atoms with E-state index in [1.165, 1.54) is 0 Å². The number of nitrogens with zero attached hydrogens (tertiary/aromatic N) is 3. The first-order chi connectivity index (χ1) is 13.0. The van der Waals surface area contributed by atoms with Crippen molar-refractivity contribution < 1.29 is 0 Å². The van der Waals surface area contributed by atoms with Crippen LogP contribution in [0.1, 0.15) is 16.8 Å². The zero-order valence-electron chi connectivity index (χ0n) is 13.7. The molecule has 2 aromatic heterocycles. The normalized spacial score (nSPS) is 12.0. The average Bonchev–Trinajstić information content (AvgIpc) is 2.94. The molecule has 134 valence electrons. The van der Waals surface area contributed by atoms with Crippen LogP contribution in [0.5, 0.6) is 0 Å². The molecule has 0 spiro atoms. The van der Waals surface area contributed by atoms with Crippen LogP contribution in [-0.2, 0) is 6.42 Å². The minimum atomic E-state index is -0.442. The maximum absolute atomic E-state index is 12.7. The molecule has 0 aliphatic heterocycles. The summed E-state index contributed by atoms with van der Waals surface area (Å²) >= 11 is 13.4. The quantitative estimate of drug-likeness (QED) is 0.515. The fourth-order valence-electron chi connectivity index (χ4n) is 2.62. The highest BCUT2D eigenvalue weighted by molar-refractivity contribution is 7.15. The lowest BCUT2D eigenvalue weighted by molar-refractivity contribution is 0.811. The summed E-state index contributed by atoms with van der Waals surface area (Å²) in [4.78, 5) is 29.3. The Hall–Kier alpha value is -2.54. The molecule has 0 N–H and O–H groups in total. The summed E-state index contributed by atoms with van der Waals surface area (Å²) in [6.07, 6.45) is 1.90. The summed E-state index contributed by atoms with van der Waals surface area (Å²) < 4.78 is 1.50. The van der Waals surface area contributed by atoms with Gasteiger partial charge in [-0.15, -0.1) is 0 Å². The summed E-state index contributed by atoms with van der Waals surface area (Å²) in [5.74, 6) is 0. The Balaban J connectivity index is 1.87. The van der Waals surface area contributed by atoms with Crippen molar-refractivity contribution in [2.75, 3.05) is 0 Å². The third-order valence-corrected chi connectivity index (χ3v) is 5.56. The number of fused-ring (bicyclic) bond motifs is 1. The molecule has 0 bridgehead atoms. The second-order valence-corrected chi connectivity index (χ2v) is 7.60. The van der Waals surface area contributed by atoms with E-state index >= 15 is 0 Å². The number of rotatable bonds is 3. The lowest BCUT2D eigenvalue weighted by Gasteiger charge is -1.99. The van der Waals surface area contributed by atoms with Crippen LogP contribution in [0.25, 0.3) is 11.0 Å². The third-order valence-electron chi connectivity index (χ3n) is 3.94. The van der Waals surface area contributed by atoms with Gasteiger partial charge >= 0.3 is 0 Å². The number of halogens is 2. The van der Waals surface area contributed by atoms with Gasteiger partial charge in [0.1, 0.15) is 5.69 Å². The minimum Gasteiger partial charge on any atom is -0.266 e. The van der Waals surface area contributed by atoms with Gasteiger partial charge in [0.15, 0.2) is 0 Å². The van der Waals surface area contributed by atoms with Gasteiger partial charge < -0.3 is 0 Å². The molecule has 0 atom stereocenters. The fourth-order valence-corrected chi connectivity index (χ4v) is 4.01. The van der Waals surface area contributed by atoms with Gasteiger partial charge in [0, 0.05) is 22.0 Å². The van der Waals surface area contributed by atoms with E-state index in [-0.39, 0.29) is 16.2 Å². The third kappa shape index (κ3) is 3.51. The highest BCUT2D eigenvalue weighted by atomic mass is 35.5. The molecule has 0 amide bonds. The topological polar surface area (TPSA) is 64.3 Å². The number of benzene rings is 2. The van der Waals surface area contributed by atoms with E-state index in [1.807, 2.05) is 30.3 Å². The average molecular weight is 416 g/mol. The Kier molecular flexibility index (Phi) is 4.78. The summed E-state index contributed by atoms with van der Waals surface area (Å²) in [7, 11) is 0. The molecule has 2 aromatic carbocycles. The van der Waals surface area contributed by atoms with Gasteiger partial charge in [0.2, 0.25) is 4.96 Å². The Morgan fingerprint density at radius 1 is 1.00 bits per heavy atom. The van der Waals surface area contributed by atoms with Crippen molar-refractivity contribution in [3.8, 4) is 0 Å². The molecule has 0 unspecified atom stereocenters. The smallest absolute Gasteiger partial charge is 0.266 e.